The summed E-state index contributed by atoms with van der Waals surface area (Å²) in [5.41, 5.74) is 6.42. The summed E-state index contributed by atoms with van der Waals surface area (Å²) in [7, 11) is 0. The Morgan fingerprint density at radius 1 is 1.00 bits per heavy atom. The van der Waals surface area contributed by atoms with Crippen LogP contribution in [0.2, 0.25) is 0 Å². The van der Waals surface area contributed by atoms with Gasteiger partial charge in [0.2, 0.25) is 0 Å². The highest BCUT2D eigenvalue weighted by molar-refractivity contribution is 6.08. The van der Waals surface area contributed by atoms with E-state index in [9.17, 15) is 18.4 Å². The number of hydrogen-bond donors (Lipinski definition) is 2. The van der Waals surface area contributed by atoms with Crippen molar-refractivity contribution in [1.29, 1.82) is 0 Å². The van der Waals surface area contributed by atoms with E-state index in [1.165, 1.54) is 12.1 Å². The summed E-state index contributed by atoms with van der Waals surface area (Å²) in [5.74, 6) is -2.57. The van der Waals surface area contributed by atoms with Crippen LogP contribution in [0.25, 0.3) is 16.6 Å². The molecule has 0 atom stereocenters. The number of rotatable bonds is 4. The molecule has 5 rings (SSSR count). The van der Waals surface area contributed by atoms with E-state index in [1.807, 2.05) is 16.9 Å². The number of halogens is 2. The van der Waals surface area contributed by atoms with Gasteiger partial charge in [-0.05, 0) is 63.9 Å². The van der Waals surface area contributed by atoms with E-state index < -0.39 is 28.8 Å². The third kappa shape index (κ3) is 4.76. The van der Waals surface area contributed by atoms with E-state index in [0.717, 1.165) is 47.6 Å². The zero-order chi connectivity index (χ0) is 27.2. The Morgan fingerprint density at radius 3 is 2.34 bits per heavy atom. The summed E-state index contributed by atoms with van der Waals surface area (Å²) in [6.45, 7) is 7.58. The predicted molar refractivity (Wildman–Crippen MR) is 142 cm³/mol. The molecule has 0 radical (unpaired) electrons. The van der Waals surface area contributed by atoms with Crippen molar-refractivity contribution in [3.05, 3.63) is 76.3 Å². The molecule has 38 heavy (non-hydrogen) atoms. The molecule has 1 saturated heterocycles. The molecule has 11 heteroatoms. The van der Waals surface area contributed by atoms with Crippen LogP contribution in [0.1, 0.15) is 44.1 Å². The van der Waals surface area contributed by atoms with Gasteiger partial charge in [0.25, 0.3) is 11.5 Å². The molecule has 0 spiro atoms. The molecule has 1 fully saturated rings. The van der Waals surface area contributed by atoms with Gasteiger partial charge in [0.05, 0.1) is 22.4 Å². The highest BCUT2D eigenvalue weighted by atomic mass is 19.1. The van der Waals surface area contributed by atoms with E-state index in [0.29, 0.717) is 23.5 Å². The molecule has 1 aliphatic heterocycles. The second kappa shape index (κ2) is 9.64. The van der Waals surface area contributed by atoms with Crippen molar-refractivity contribution in [3.63, 3.8) is 0 Å². The molecule has 3 heterocycles. The lowest BCUT2D eigenvalue weighted by molar-refractivity contribution is 0.102. The van der Waals surface area contributed by atoms with Gasteiger partial charge >= 0.3 is 0 Å². The largest absolute Gasteiger partial charge is 0.369 e. The normalized spacial score (nSPS) is 14.7. The number of carbonyl (C=O) groups excluding carboxylic acids is 1. The molecule has 4 aromatic rings. The predicted octanol–water partition coefficient (Wildman–Crippen LogP) is 3.80. The molecular weight excluding hydrogens is 492 g/mol. The molecule has 2 aromatic heterocycles. The minimum absolute atomic E-state index is 0.116. The highest BCUT2D eigenvalue weighted by Crippen LogP contribution is 2.37. The van der Waals surface area contributed by atoms with Crippen LogP contribution in [0.4, 0.5) is 20.2 Å². The average molecular weight is 522 g/mol. The summed E-state index contributed by atoms with van der Waals surface area (Å²) in [5, 5.41) is 12.5. The van der Waals surface area contributed by atoms with E-state index in [2.05, 4.69) is 36.1 Å². The molecule has 3 N–H and O–H groups in total. The number of hydrogen-bond acceptors (Lipinski definition) is 6. The van der Waals surface area contributed by atoms with Gasteiger partial charge in [0.15, 0.2) is 11.6 Å². The van der Waals surface area contributed by atoms with Crippen molar-refractivity contribution in [3.8, 4) is 5.69 Å². The first-order chi connectivity index (χ1) is 18.0. The minimum Gasteiger partial charge on any atom is -0.369 e. The number of aromatic nitrogens is 4. The fourth-order valence-corrected chi connectivity index (χ4v) is 4.56. The maximum atomic E-state index is 14.4. The lowest BCUT2D eigenvalue weighted by atomic mass is 10.0. The number of benzene rings is 2. The molecule has 0 unspecified atom stereocenters. The van der Waals surface area contributed by atoms with Gasteiger partial charge in [-0.15, -0.1) is 0 Å². The number of piperidine rings is 1. The Labute approximate surface area is 217 Å². The SMILES string of the molecule is CC(C)(C)n1cc2c(N3CCC(N)CC3)c(NC(=O)c3ccc(=O)n(-c4c(F)cccc4F)n3)ccc2n1. The van der Waals surface area contributed by atoms with Gasteiger partial charge < -0.3 is 16.0 Å². The van der Waals surface area contributed by atoms with Crippen molar-refractivity contribution >= 4 is 28.2 Å². The van der Waals surface area contributed by atoms with Crippen molar-refractivity contribution < 1.29 is 13.6 Å². The highest BCUT2D eigenvalue weighted by Gasteiger charge is 2.25. The minimum atomic E-state index is -0.968. The Kier molecular flexibility index (Phi) is 6.47. The number of nitrogens with zero attached hydrogens (tertiary/aromatic N) is 5. The average Bonchev–Trinajstić information content (AvgIpc) is 3.31. The topological polar surface area (TPSA) is 111 Å². The second-order valence-corrected chi connectivity index (χ2v) is 10.5. The fourth-order valence-electron chi connectivity index (χ4n) is 4.56. The van der Waals surface area contributed by atoms with Crippen LogP contribution in [0.3, 0.4) is 0 Å². The van der Waals surface area contributed by atoms with Crippen LogP contribution in [0, 0.1) is 11.6 Å². The summed E-state index contributed by atoms with van der Waals surface area (Å²) >= 11 is 0. The number of fused-ring (bicyclic) bond motifs is 1. The number of nitrogens with two attached hydrogens (primary N) is 1. The smallest absolute Gasteiger partial charge is 0.276 e. The number of nitrogens with one attached hydrogen (secondary N) is 1. The Hall–Kier alpha value is -4.12. The second-order valence-electron chi connectivity index (χ2n) is 10.5. The van der Waals surface area contributed by atoms with Crippen molar-refractivity contribution in [2.75, 3.05) is 23.3 Å². The number of anilines is 2. The number of amides is 1. The monoisotopic (exact) mass is 521 g/mol. The summed E-state index contributed by atoms with van der Waals surface area (Å²) < 4.78 is 31.2. The van der Waals surface area contributed by atoms with E-state index in [4.69, 9.17) is 10.8 Å². The quantitative estimate of drug-likeness (QED) is 0.423. The molecule has 0 bridgehead atoms. The standard InChI is InChI=1S/C27H29F2N7O2/c1-27(2,3)35-15-17-20(32-35)7-8-21(24(17)34-13-11-16(30)12-14-34)31-26(38)22-9-10-23(37)36(33-22)25-18(28)5-4-6-19(25)29/h4-10,15-16H,11-14,30H2,1-3H3,(H,31,38). The molecule has 1 aliphatic rings. The third-order valence-corrected chi connectivity index (χ3v) is 6.63. The van der Waals surface area contributed by atoms with E-state index >= 15 is 0 Å². The van der Waals surface area contributed by atoms with Crippen molar-refractivity contribution in [2.45, 2.75) is 45.2 Å². The molecule has 198 valence electrons. The molecule has 0 aliphatic carbocycles. The van der Waals surface area contributed by atoms with Crippen LogP contribution in [-0.4, -0.2) is 44.6 Å². The van der Waals surface area contributed by atoms with Crippen LogP contribution in [-0.2, 0) is 5.54 Å². The maximum Gasteiger partial charge on any atom is 0.276 e. The zero-order valence-corrected chi connectivity index (χ0v) is 21.4. The number of carbonyl (C=O) groups is 1. The summed E-state index contributed by atoms with van der Waals surface area (Å²) in [6.07, 6.45) is 3.57. The van der Waals surface area contributed by atoms with Crippen LogP contribution in [0.5, 0.6) is 0 Å². The first kappa shape index (κ1) is 25.5. The van der Waals surface area contributed by atoms with Gasteiger partial charge in [-0.3, -0.25) is 14.3 Å². The molecular formula is C27H29F2N7O2. The van der Waals surface area contributed by atoms with E-state index in [1.54, 1.807) is 6.07 Å². The van der Waals surface area contributed by atoms with Gasteiger partial charge in [-0.25, -0.2) is 8.78 Å². The van der Waals surface area contributed by atoms with Crippen LogP contribution >= 0.6 is 0 Å². The number of para-hydroxylation sites is 1. The summed E-state index contributed by atoms with van der Waals surface area (Å²) in [4.78, 5) is 27.9. The maximum absolute atomic E-state index is 14.4. The lowest BCUT2D eigenvalue weighted by Crippen LogP contribution is -2.40. The van der Waals surface area contributed by atoms with Crippen molar-refractivity contribution in [1.82, 2.24) is 19.6 Å². The van der Waals surface area contributed by atoms with Gasteiger partial charge in [-0.2, -0.15) is 14.9 Å². The zero-order valence-electron chi connectivity index (χ0n) is 21.4. The van der Waals surface area contributed by atoms with Crippen LogP contribution in [0.15, 0.2) is 53.5 Å². The Balaban J connectivity index is 1.56. The first-order valence-electron chi connectivity index (χ1n) is 12.4. The first-order valence-corrected chi connectivity index (χ1v) is 12.4. The molecule has 2 aromatic carbocycles. The Bertz CT molecular complexity index is 1560. The van der Waals surface area contributed by atoms with Crippen molar-refractivity contribution in [2.24, 2.45) is 5.73 Å². The van der Waals surface area contributed by atoms with Gasteiger partial charge in [-0.1, -0.05) is 6.07 Å². The fraction of sp³-hybridized carbons (Fsp3) is 0.333. The van der Waals surface area contributed by atoms with Gasteiger partial charge in [0.1, 0.15) is 11.4 Å². The molecule has 0 saturated carbocycles. The van der Waals surface area contributed by atoms with Gasteiger partial charge in [0, 0.05) is 36.8 Å². The molecule has 1 amide bonds. The van der Waals surface area contributed by atoms with Crippen LogP contribution < -0.4 is 21.5 Å². The lowest BCUT2D eigenvalue weighted by Gasteiger charge is -2.33. The Morgan fingerprint density at radius 2 is 1.68 bits per heavy atom. The van der Waals surface area contributed by atoms with E-state index in [-0.39, 0.29) is 17.3 Å². The summed E-state index contributed by atoms with van der Waals surface area (Å²) in [6, 6.07) is 9.21. The molecule has 9 nitrogen and oxygen atoms in total. The third-order valence-electron chi connectivity index (χ3n) is 6.63.